The summed E-state index contributed by atoms with van der Waals surface area (Å²) in [6.07, 6.45) is 0. The molecule has 2 aromatic carbocycles. The highest BCUT2D eigenvalue weighted by Gasteiger charge is 2.13. The van der Waals surface area contributed by atoms with E-state index < -0.39 is 4.92 Å². The Hall–Kier alpha value is -2.27. The predicted molar refractivity (Wildman–Crippen MR) is 75.7 cm³/mol. The number of hydrogen-bond donors (Lipinski definition) is 0. The van der Waals surface area contributed by atoms with Gasteiger partial charge in [-0.05, 0) is 23.8 Å². The maximum Gasteiger partial charge on any atom is 0.273 e. The Morgan fingerprint density at radius 3 is 2.65 bits per heavy atom. The van der Waals surface area contributed by atoms with Crippen molar-refractivity contribution in [1.29, 1.82) is 0 Å². The zero-order valence-corrected chi connectivity index (χ0v) is 11.5. The van der Waals surface area contributed by atoms with Crippen molar-refractivity contribution in [3.63, 3.8) is 0 Å². The molecule has 104 valence electrons. The van der Waals surface area contributed by atoms with Crippen molar-refractivity contribution in [3.05, 3.63) is 58.1 Å². The van der Waals surface area contributed by atoms with E-state index in [1.54, 1.807) is 12.1 Å². The molecule has 0 aliphatic carbocycles. The summed E-state index contributed by atoms with van der Waals surface area (Å²) in [4.78, 5) is 10.2. The van der Waals surface area contributed by atoms with Gasteiger partial charge in [0.15, 0.2) is 11.5 Å². The van der Waals surface area contributed by atoms with E-state index in [0.29, 0.717) is 23.1 Å². The summed E-state index contributed by atoms with van der Waals surface area (Å²) in [6, 6.07) is 11.5. The average molecular weight is 294 g/mol. The van der Waals surface area contributed by atoms with Crippen LogP contribution in [0, 0.1) is 10.1 Å². The standard InChI is InChI=1S/C14H12ClNO4/c1-19-14-8-11(16(17)18)5-6-13(14)20-12-4-2-3-10(7-12)9-15/h2-8H,9H2,1H3. The second kappa shape index (κ2) is 6.25. The van der Waals surface area contributed by atoms with Crippen molar-refractivity contribution in [2.45, 2.75) is 5.88 Å². The molecule has 0 spiro atoms. The van der Waals surface area contributed by atoms with E-state index in [1.165, 1.54) is 25.3 Å². The van der Waals surface area contributed by atoms with E-state index in [0.717, 1.165) is 5.56 Å². The molecular formula is C14H12ClNO4. The van der Waals surface area contributed by atoms with Crippen LogP contribution in [0.3, 0.4) is 0 Å². The quantitative estimate of drug-likeness (QED) is 0.472. The highest BCUT2D eigenvalue weighted by Crippen LogP contribution is 2.34. The second-order valence-corrected chi connectivity index (χ2v) is 4.24. The predicted octanol–water partition coefficient (Wildman–Crippen LogP) is 4.13. The fourth-order valence-corrected chi connectivity index (χ4v) is 1.84. The van der Waals surface area contributed by atoms with E-state index in [4.69, 9.17) is 21.1 Å². The molecule has 20 heavy (non-hydrogen) atoms. The van der Waals surface area contributed by atoms with Gasteiger partial charge in [-0.3, -0.25) is 10.1 Å². The molecule has 0 aromatic heterocycles. The first-order chi connectivity index (χ1) is 9.63. The summed E-state index contributed by atoms with van der Waals surface area (Å²) in [7, 11) is 1.43. The van der Waals surface area contributed by atoms with E-state index in [-0.39, 0.29) is 5.69 Å². The number of ether oxygens (including phenoxy) is 2. The van der Waals surface area contributed by atoms with Crippen molar-refractivity contribution in [2.75, 3.05) is 7.11 Å². The molecule has 0 aliphatic heterocycles. The zero-order valence-electron chi connectivity index (χ0n) is 10.7. The van der Waals surface area contributed by atoms with Gasteiger partial charge in [-0.25, -0.2) is 0 Å². The lowest BCUT2D eigenvalue weighted by atomic mass is 10.2. The molecule has 2 rings (SSSR count). The number of nitro benzene ring substituents is 1. The Labute approximate surface area is 120 Å². The number of hydrogen-bond acceptors (Lipinski definition) is 4. The first-order valence-electron chi connectivity index (χ1n) is 5.79. The third-order valence-electron chi connectivity index (χ3n) is 2.64. The number of rotatable bonds is 5. The van der Waals surface area contributed by atoms with E-state index >= 15 is 0 Å². The van der Waals surface area contributed by atoms with Crippen LogP contribution in [0.15, 0.2) is 42.5 Å². The number of alkyl halides is 1. The van der Waals surface area contributed by atoms with Crippen LogP contribution in [0.5, 0.6) is 17.2 Å². The van der Waals surface area contributed by atoms with E-state index in [2.05, 4.69) is 0 Å². The Bertz CT molecular complexity index is 630. The van der Waals surface area contributed by atoms with Crippen molar-refractivity contribution in [1.82, 2.24) is 0 Å². The van der Waals surface area contributed by atoms with Gasteiger partial charge in [0.05, 0.1) is 18.1 Å². The highest BCUT2D eigenvalue weighted by atomic mass is 35.5. The van der Waals surface area contributed by atoms with Crippen LogP contribution in [0.25, 0.3) is 0 Å². The molecule has 6 heteroatoms. The molecule has 2 aromatic rings. The first-order valence-corrected chi connectivity index (χ1v) is 6.32. The van der Waals surface area contributed by atoms with Gasteiger partial charge < -0.3 is 9.47 Å². The lowest BCUT2D eigenvalue weighted by Crippen LogP contribution is -1.93. The molecule has 0 fully saturated rings. The fourth-order valence-electron chi connectivity index (χ4n) is 1.67. The van der Waals surface area contributed by atoms with Crippen molar-refractivity contribution in [3.8, 4) is 17.2 Å². The number of methoxy groups -OCH3 is 1. The number of nitrogens with zero attached hydrogens (tertiary/aromatic N) is 1. The minimum Gasteiger partial charge on any atom is -0.493 e. The molecule has 5 nitrogen and oxygen atoms in total. The van der Waals surface area contributed by atoms with E-state index in [9.17, 15) is 10.1 Å². The van der Waals surface area contributed by atoms with Crippen molar-refractivity contribution >= 4 is 17.3 Å². The van der Waals surface area contributed by atoms with E-state index in [1.807, 2.05) is 12.1 Å². The maximum absolute atomic E-state index is 10.7. The van der Waals surface area contributed by atoms with Crippen LogP contribution in [0.4, 0.5) is 5.69 Å². The molecule has 0 heterocycles. The van der Waals surface area contributed by atoms with Crippen molar-refractivity contribution < 1.29 is 14.4 Å². The number of nitro groups is 1. The SMILES string of the molecule is COc1cc([N+](=O)[O-])ccc1Oc1cccc(CCl)c1. The smallest absolute Gasteiger partial charge is 0.273 e. The van der Waals surface area contributed by atoms with Crippen LogP contribution in [0.2, 0.25) is 0 Å². The van der Waals surface area contributed by atoms with Crippen molar-refractivity contribution in [2.24, 2.45) is 0 Å². The summed E-state index contributed by atoms with van der Waals surface area (Å²) >= 11 is 5.76. The minimum absolute atomic E-state index is 0.0521. The summed E-state index contributed by atoms with van der Waals surface area (Å²) in [5.41, 5.74) is 0.869. The zero-order chi connectivity index (χ0) is 14.5. The highest BCUT2D eigenvalue weighted by molar-refractivity contribution is 6.17. The summed E-state index contributed by atoms with van der Waals surface area (Å²) in [5, 5.41) is 10.7. The topological polar surface area (TPSA) is 61.6 Å². The van der Waals surface area contributed by atoms with Gasteiger partial charge in [0, 0.05) is 11.9 Å². The largest absolute Gasteiger partial charge is 0.493 e. The number of non-ortho nitro benzene ring substituents is 1. The van der Waals surface area contributed by atoms with Gasteiger partial charge in [-0.15, -0.1) is 11.6 Å². The van der Waals surface area contributed by atoms with Gasteiger partial charge in [-0.2, -0.15) is 0 Å². The molecule has 0 saturated carbocycles. The van der Waals surface area contributed by atoms with Gasteiger partial charge in [0.1, 0.15) is 5.75 Å². The Kier molecular flexibility index (Phi) is 4.42. The molecule has 0 amide bonds. The minimum atomic E-state index is -0.486. The maximum atomic E-state index is 10.7. The summed E-state index contributed by atoms with van der Waals surface area (Å²) in [5.74, 6) is 1.69. The molecule has 0 saturated heterocycles. The lowest BCUT2D eigenvalue weighted by molar-refractivity contribution is -0.384. The Morgan fingerprint density at radius 1 is 1.20 bits per heavy atom. The normalized spacial score (nSPS) is 10.1. The Morgan fingerprint density at radius 2 is 2.00 bits per heavy atom. The second-order valence-electron chi connectivity index (χ2n) is 3.98. The molecule has 0 bridgehead atoms. The molecule has 0 radical (unpaired) electrons. The summed E-state index contributed by atoms with van der Waals surface area (Å²) in [6.45, 7) is 0. The molecule has 0 aliphatic rings. The molecule has 0 N–H and O–H groups in total. The average Bonchev–Trinajstić information content (AvgIpc) is 2.47. The van der Waals surface area contributed by atoms with Gasteiger partial charge in [-0.1, -0.05) is 12.1 Å². The Balaban J connectivity index is 2.30. The van der Waals surface area contributed by atoms with Gasteiger partial charge in [0.25, 0.3) is 5.69 Å². The summed E-state index contributed by atoms with van der Waals surface area (Å²) < 4.78 is 10.8. The van der Waals surface area contributed by atoms with Crippen LogP contribution in [0.1, 0.15) is 5.56 Å². The van der Waals surface area contributed by atoms with Gasteiger partial charge in [0.2, 0.25) is 0 Å². The molecule has 0 atom stereocenters. The fraction of sp³-hybridized carbons (Fsp3) is 0.143. The first kappa shape index (κ1) is 14.1. The van der Waals surface area contributed by atoms with Crippen LogP contribution < -0.4 is 9.47 Å². The van der Waals surface area contributed by atoms with Crippen LogP contribution >= 0.6 is 11.6 Å². The van der Waals surface area contributed by atoms with Gasteiger partial charge >= 0.3 is 0 Å². The lowest BCUT2D eigenvalue weighted by Gasteiger charge is -2.10. The van der Waals surface area contributed by atoms with Crippen LogP contribution in [-0.4, -0.2) is 12.0 Å². The van der Waals surface area contributed by atoms with Crippen LogP contribution in [-0.2, 0) is 5.88 Å². The third-order valence-corrected chi connectivity index (χ3v) is 2.95. The number of halogens is 1. The molecule has 0 unspecified atom stereocenters. The molecular weight excluding hydrogens is 282 g/mol. The third kappa shape index (κ3) is 3.19. The number of benzene rings is 2. The monoisotopic (exact) mass is 293 g/mol.